The Morgan fingerprint density at radius 1 is 1.09 bits per heavy atom. The number of hydrogen-bond donors (Lipinski definition) is 4. The van der Waals surface area contributed by atoms with Crippen molar-refractivity contribution in [2.75, 3.05) is 5.32 Å². The van der Waals surface area contributed by atoms with Crippen LogP contribution in [0.25, 0.3) is 0 Å². The molecule has 0 saturated carbocycles. The number of anilines is 1. The number of carbonyl (C=O) groups excluding carboxylic acids is 2. The number of carbonyl (C=O) groups is 2. The number of alkyl halides is 3. The molecule has 0 spiro atoms. The van der Waals surface area contributed by atoms with Crippen molar-refractivity contribution in [1.29, 1.82) is 0 Å². The predicted octanol–water partition coefficient (Wildman–Crippen LogP) is 0.876. The van der Waals surface area contributed by atoms with E-state index in [1.54, 1.807) is 19.1 Å². The van der Waals surface area contributed by atoms with Crippen molar-refractivity contribution in [3.05, 3.63) is 47.5 Å². The number of nitrogens with one attached hydrogen (secondary N) is 1. The smallest absolute Gasteiger partial charge is 0.174 e. The number of aryl methyl sites for hydroxylation is 1. The number of amides is 1. The van der Waals surface area contributed by atoms with E-state index < -0.39 is 63.5 Å². The van der Waals surface area contributed by atoms with Gasteiger partial charge in [-0.05, 0) is 0 Å². The standard InChI is InChI=1S/C16H16AsNO10S.CHF3/c1-9-5-3-4-6-11(9)16(21)27-28-29(25,26)13-8-7-12(17(22,23)24)15(20)14(13)18-10(2)19;2-1(3)4/h3-8,20H,1-2H3,(H,18,19)(H2,22,23,24);1H. The third-order valence-corrected chi connectivity index (χ3v) is 6.77. The zero-order chi connectivity index (χ0) is 25.6. The van der Waals surface area contributed by atoms with Gasteiger partial charge in [0.2, 0.25) is 0 Å². The van der Waals surface area contributed by atoms with E-state index in [4.69, 9.17) is 0 Å². The number of halogens is 3. The Morgan fingerprint density at radius 3 is 2.12 bits per heavy atom. The summed E-state index contributed by atoms with van der Waals surface area (Å²) in [6.45, 7) is -1.11. The molecule has 16 heteroatoms. The Balaban J connectivity index is 0.00000125. The molecule has 4 N–H and O–H groups in total. The molecular weight excluding hydrogens is 542 g/mol. The van der Waals surface area contributed by atoms with E-state index in [0.29, 0.717) is 17.7 Å². The first kappa shape index (κ1) is 28.2. The van der Waals surface area contributed by atoms with E-state index in [-0.39, 0.29) is 5.56 Å². The quantitative estimate of drug-likeness (QED) is 0.172. The van der Waals surface area contributed by atoms with Gasteiger partial charge in [0.1, 0.15) is 0 Å². The summed E-state index contributed by atoms with van der Waals surface area (Å²) in [6, 6.07) is 7.49. The van der Waals surface area contributed by atoms with Gasteiger partial charge in [0, 0.05) is 0 Å². The molecule has 0 heterocycles. The second-order valence-electron chi connectivity index (χ2n) is 5.99. The molecule has 0 aromatic heterocycles. The fraction of sp³-hybridized carbons (Fsp3) is 0.176. The van der Waals surface area contributed by atoms with Crippen LogP contribution in [-0.4, -0.2) is 54.4 Å². The van der Waals surface area contributed by atoms with E-state index in [1.807, 2.05) is 5.32 Å². The molecule has 0 aliphatic rings. The normalized spacial score (nSPS) is 11.4. The maximum absolute atomic E-state index is 12.4. The number of hydrogen-bond acceptors (Lipinski definition) is 8. The SMILES string of the molecule is CC(=O)Nc1c(S(=O)(=O)OOC(=O)c2ccccc2C)ccc([As](=O)(O)O)c1O.FC(F)F. The molecule has 33 heavy (non-hydrogen) atoms. The van der Waals surface area contributed by atoms with Crippen molar-refractivity contribution in [3.63, 3.8) is 0 Å². The summed E-state index contributed by atoms with van der Waals surface area (Å²) in [6.07, 6.45) is 0. The number of phenolic OH excluding ortho intramolecular Hbond substituents is 1. The van der Waals surface area contributed by atoms with Crippen molar-refractivity contribution in [2.24, 2.45) is 0 Å². The van der Waals surface area contributed by atoms with Crippen LogP contribution in [0.4, 0.5) is 18.9 Å². The van der Waals surface area contributed by atoms with Crippen LogP contribution >= 0.6 is 0 Å². The molecule has 0 aliphatic carbocycles. The van der Waals surface area contributed by atoms with Crippen LogP contribution < -0.4 is 9.67 Å². The number of benzene rings is 2. The van der Waals surface area contributed by atoms with Crippen LogP contribution in [0.2, 0.25) is 0 Å². The van der Waals surface area contributed by atoms with Crippen molar-refractivity contribution >= 4 is 46.2 Å². The van der Waals surface area contributed by atoms with Gasteiger partial charge in [-0.2, -0.15) is 13.2 Å². The Kier molecular flexibility index (Phi) is 9.69. The van der Waals surface area contributed by atoms with Gasteiger partial charge in [-0.1, -0.05) is 0 Å². The monoisotopic (exact) mass is 559 g/mol. The largest absolute Gasteiger partial charge is 0.379 e. The summed E-state index contributed by atoms with van der Waals surface area (Å²) < 4.78 is 87.3. The maximum atomic E-state index is 12.4. The molecule has 2 aromatic rings. The van der Waals surface area contributed by atoms with Gasteiger partial charge in [0.05, 0.1) is 0 Å². The number of rotatable bonds is 6. The maximum Gasteiger partial charge on any atom is 0.379 e. The van der Waals surface area contributed by atoms with Crippen LogP contribution in [0.5, 0.6) is 5.75 Å². The van der Waals surface area contributed by atoms with Gasteiger partial charge in [-0.25, -0.2) is 0 Å². The van der Waals surface area contributed by atoms with Gasteiger partial charge >= 0.3 is 174 Å². The van der Waals surface area contributed by atoms with Gasteiger partial charge in [0.15, 0.2) is 0 Å². The van der Waals surface area contributed by atoms with Gasteiger partial charge in [0.25, 0.3) is 0 Å². The fourth-order valence-corrected chi connectivity index (χ4v) is 4.50. The molecule has 0 fully saturated rings. The minimum absolute atomic E-state index is 0.0344. The summed E-state index contributed by atoms with van der Waals surface area (Å²) in [5, 5.41) is 12.1. The summed E-state index contributed by atoms with van der Waals surface area (Å²) in [5.41, 5.74) is -0.304. The van der Waals surface area contributed by atoms with Crippen molar-refractivity contribution < 1.29 is 57.4 Å². The molecule has 0 radical (unpaired) electrons. The van der Waals surface area contributed by atoms with Gasteiger partial charge in [-0.3, -0.25) is 0 Å². The first-order valence-electron chi connectivity index (χ1n) is 8.41. The van der Waals surface area contributed by atoms with Crippen LogP contribution in [0.1, 0.15) is 22.8 Å². The minimum Gasteiger partial charge on any atom is -0.174 e. The third-order valence-electron chi connectivity index (χ3n) is 3.57. The van der Waals surface area contributed by atoms with E-state index in [9.17, 15) is 48.2 Å². The molecule has 0 bridgehead atoms. The second kappa shape index (κ2) is 11.3. The molecule has 0 saturated heterocycles. The Hall–Kier alpha value is -2.84. The second-order valence-corrected chi connectivity index (χ2v) is 10.8. The molecule has 0 unspecified atom stereocenters. The summed E-state index contributed by atoms with van der Waals surface area (Å²) in [4.78, 5) is 26.9. The first-order chi connectivity index (χ1) is 15.1. The van der Waals surface area contributed by atoms with E-state index >= 15 is 0 Å². The number of phenols is 1. The van der Waals surface area contributed by atoms with Crippen LogP contribution in [0.15, 0.2) is 41.3 Å². The van der Waals surface area contributed by atoms with Crippen LogP contribution in [0, 0.1) is 6.92 Å². The van der Waals surface area contributed by atoms with E-state index in [2.05, 4.69) is 9.22 Å². The van der Waals surface area contributed by atoms with Gasteiger partial charge in [-0.15, -0.1) is 0 Å². The molecule has 182 valence electrons. The Morgan fingerprint density at radius 2 is 1.64 bits per heavy atom. The molecular formula is C17H17AsF3NO10S. The average Bonchev–Trinajstić information content (AvgIpc) is 2.66. The van der Waals surface area contributed by atoms with E-state index in [0.717, 1.165) is 6.92 Å². The fourth-order valence-electron chi connectivity index (χ4n) is 2.26. The first-order valence-corrected chi connectivity index (χ1v) is 13.2. The molecule has 2 aromatic carbocycles. The Labute approximate surface area is 187 Å². The minimum atomic E-state index is -5.66. The third kappa shape index (κ3) is 8.22. The Bertz CT molecular complexity index is 1180. The molecule has 0 aliphatic heterocycles. The van der Waals surface area contributed by atoms with E-state index in [1.165, 1.54) is 12.1 Å². The number of aromatic hydroxyl groups is 1. The molecule has 11 nitrogen and oxygen atoms in total. The van der Waals surface area contributed by atoms with Crippen molar-refractivity contribution in [2.45, 2.75) is 25.4 Å². The van der Waals surface area contributed by atoms with Crippen molar-refractivity contribution in [3.8, 4) is 5.75 Å². The van der Waals surface area contributed by atoms with Crippen LogP contribution in [0.3, 0.4) is 0 Å². The topological polar surface area (TPSA) is 177 Å². The zero-order valence-corrected chi connectivity index (χ0v) is 19.4. The molecule has 2 rings (SSSR count). The van der Waals surface area contributed by atoms with Crippen LogP contribution in [-0.2, 0) is 27.9 Å². The van der Waals surface area contributed by atoms with Gasteiger partial charge < -0.3 is 0 Å². The summed E-state index contributed by atoms with van der Waals surface area (Å²) in [7, 11) is -4.90. The summed E-state index contributed by atoms with van der Waals surface area (Å²) >= 11 is -5.66. The zero-order valence-electron chi connectivity index (χ0n) is 16.7. The molecule has 1 amide bonds. The predicted molar refractivity (Wildman–Crippen MR) is 105 cm³/mol. The summed E-state index contributed by atoms with van der Waals surface area (Å²) in [5.74, 6) is -3.11. The van der Waals surface area contributed by atoms with Crippen molar-refractivity contribution in [1.82, 2.24) is 0 Å². The molecule has 0 atom stereocenters. The average molecular weight is 559 g/mol.